The summed E-state index contributed by atoms with van der Waals surface area (Å²) in [7, 11) is 0. The van der Waals surface area contributed by atoms with Crippen LogP contribution in [0.25, 0.3) is 0 Å². The van der Waals surface area contributed by atoms with Crippen molar-refractivity contribution in [3.8, 4) is 0 Å². The minimum atomic E-state index is -0.422. The molecule has 0 radical (unpaired) electrons. The zero-order valence-corrected chi connectivity index (χ0v) is 13.0. The van der Waals surface area contributed by atoms with Crippen molar-refractivity contribution < 1.29 is 4.79 Å². The highest BCUT2D eigenvalue weighted by Gasteiger charge is 2.24. The number of nitrogens with two attached hydrogens (primary N) is 1. The maximum absolute atomic E-state index is 11.8. The van der Waals surface area contributed by atoms with Gasteiger partial charge in [0.2, 0.25) is 5.91 Å². The molecule has 1 aromatic rings. The molecule has 18 heavy (non-hydrogen) atoms. The molecule has 0 spiro atoms. The summed E-state index contributed by atoms with van der Waals surface area (Å²) in [6, 6.07) is 3.71. The fourth-order valence-corrected chi connectivity index (χ4v) is 2.33. The first-order valence-electron chi connectivity index (χ1n) is 5.92. The number of hydrogen-bond acceptors (Lipinski definition) is 3. The van der Waals surface area contributed by atoms with Crippen molar-refractivity contribution >= 4 is 29.7 Å². The van der Waals surface area contributed by atoms with E-state index in [9.17, 15) is 4.79 Å². The van der Waals surface area contributed by atoms with Crippen molar-refractivity contribution in [2.75, 3.05) is 6.54 Å². The zero-order chi connectivity index (χ0) is 13.1. The van der Waals surface area contributed by atoms with Gasteiger partial charge in [0.05, 0.1) is 6.04 Å². The normalized spacial score (nSPS) is 13.0. The standard InChI is InChI=1S/C13H22N2OS.ClH/c1-9(2)11(14)12(16)15-8-13(3,4)10-6-5-7-17-10;/h5-7,9,11H,8,14H2,1-4H3,(H,15,16);1H/t11-;/m1./s1. The van der Waals surface area contributed by atoms with Crippen LogP contribution < -0.4 is 11.1 Å². The van der Waals surface area contributed by atoms with E-state index in [0.717, 1.165) is 0 Å². The van der Waals surface area contributed by atoms with E-state index >= 15 is 0 Å². The highest BCUT2D eigenvalue weighted by molar-refractivity contribution is 7.10. The minimum Gasteiger partial charge on any atom is -0.354 e. The van der Waals surface area contributed by atoms with E-state index in [-0.39, 0.29) is 29.6 Å². The second kappa shape index (κ2) is 7.12. The van der Waals surface area contributed by atoms with Crippen LogP contribution >= 0.6 is 23.7 Å². The van der Waals surface area contributed by atoms with Crippen LogP contribution in [0.5, 0.6) is 0 Å². The van der Waals surface area contributed by atoms with Crippen LogP contribution in [0.15, 0.2) is 17.5 Å². The predicted molar refractivity (Wildman–Crippen MR) is 80.4 cm³/mol. The number of carbonyl (C=O) groups excluding carboxylic acids is 1. The van der Waals surface area contributed by atoms with Crippen molar-refractivity contribution in [1.29, 1.82) is 0 Å². The highest BCUT2D eigenvalue weighted by atomic mass is 35.5. The largest absolute Gasteiger partial charge is 0.354 e. The van der Waals surface area contributed by atoms with Gasteiger partial charge in [-0.3, -0.25) is 4.79 Å². The average molecular weight is 291 g/mol. The van der Waals surface area contributed by atoms with Crippen LogP contribution in [0.4, 0.5) is 0 Å². The van der Waals surface area contributed by atoms with E-state index in [1.807, 2.05) is 19.9 Å². The highest BCUT2D eigenvalue weighted by Crippen LogP contribution is 2.26. The van der Waals surface area contributed by atoms with Gasteiger partial charge in [0, 0.05) is 16.8 Å². The predicted octanol–water partition coefficient (Wildman–Crippen LogP) is 2.55. The summed E-state index contributed by atoms with van der Waals surface area (Å²) in [6.45, 7) is 8.77. The van der Waals surface area contributed by atoms with Gasteiger partial charge >= 0.3 is 0 Å². The molecule has 0 bridgehead atoms. The third kappa shape index (κ3) is 4.59. The Morgan fingerprint density at radius 1 is 1.50 bits per heavy atom. The number of thiophene rings is 1. The molecule has 0 saturated heterocycles. The number of amides is 1. The zero-order valence-electron chi connectivity index (χ0n) is 11.4. The van der Waals surface area contributed by atoms with Crippen molar-refractivity contribution in [3.63, 3.8) is 0 Å². The van der Waals surface area contributed by atoms with Crippen molar-refractivity contribution in [2.45, 2.75) is 39.2 Å². The SMILES string of the molecule is CC(C)[C@@H](N)C(=O)NCC(C)(C)c1cccs1.Cl. The molecule has 0 saturated carbocycles. The molecule has 1 aromatic heterocycles. The smallest absolute Gasteiger partial charge is 0.237 e. The van der Waals surface area contributed by atoms with Crippen LogP contribution in [0.1, 0.15) is 32.6 Å². The molecular formula is C13H23ClN2OS. The van der Waals surface area contributed by atoms with E-state index in [1.165, 1.54) is 4.88 Å². The van der Waals surface area contributed by atoms with Crippen molar-refractivity contribution in [1.82, 2.24) is 5.32 Å². The maximum atomic E-state index is 11.8. The Bertz CT molecular complexity index is 363. The number of nitrogens with one attached hydrogen (secondary N) is 1. The van der Waals surface area contributed by atoms with Crippen LogP contribution in [0.2, 0.25) is 0 Å². The average Bonchev–Trinajstić information content (AvgIpc) is 2.78. The third-order valence-corrected chi connectivity index (χ3v) is 4.15. The number of hydrogen-bond donors (Lipinski definition) is 2. The molecule has 0 aliphatic rings. The van der Waals surface area contributed by atoms with Crippen molar-refractivity contribution in [3.05, 3.63) is 22.4 Å². The fourth-order valence-electron chi connectivity index (χ4n) is 1.48. The number of carbonyl (C=O) groups is 1. The van der Waals surface area contributed by atoms with Crippen LogP contribution in [0.3, 0.4) is 0 Å². The number of halogens is 1. The first-order chi connectivity index (χ1) is 7.84. The summed E-state index contributed by atoms with van der Waals surface area (Å²) in [4.78, 5) is 13.0. The van der Waals surface area contributed by atoms with E-state index in [4.69, 9.17) is 5.73 Å². The Hall–Kier alpha value is -0.580. The van der Waals surface area contributed by atoms with Crippen LogP contribution in [-0.2, 0) is 10.2 Å². The Labute approximate surface area is 120 Å². The van der Waals surface area contributed by atoms with E-state index in [2.05, 4.69) is 30.6 Å². The van der Waals surface area contributed by atoms with Gasteiger partial charge < -0.3 is 11.1 Å². The maximum Gasteiger partial charge on any atom is 0.237 e. The molecule has 1 heterocycles. The van der Waals surface area contributed by atoms with Gasteiger partial charge in [-0.1, -0.05) is 33.8 Å². The molecule has 0 unspecified atom stereocenters. The first-order valence-corrected chi connectivity index (χ1v) is 6.80. The van der Waals surface area contributed by atoms with E-state index in [1.54, 1.807) is 11.3 Å². The van der Waals surface area contributed by atoms with E-state index < -0.39 is 6.04 Å². The van der Waals surface area contributed by atoms with Gasteiger partial charge in [-0.05, 0) is 17.4 Å². The molecule has 0 aromatic carbocycles. The molecule has 1 atom stereocenters. The van der Waals surface area contributed by atoms with Gasteiger partial charge in [0.15, 0.2) is 0 Å². The Balaban J connectivity index is 0.00000289. The second-order valence-electron chi connectivity index (χ2n) is 5.35. The lowest BCUT2D eigenvalue weighted by Crippen LogP contribution is -2.47. The fraction of sp³-hybridized carbons (Fsp3) is 0.615. The second-order valence-corrected chi connectivity index (χ2v) is 6.30. The molecule has 1 amide bonds. The third-order valence-electron chi connectivity index (χ3n) is 2.91. The summed E-state index contributed by atoms with van der Waals surface area (Å²) < 4.78 is 0. The Kier molecular flexibility index (Phi) is 6.89. The summed E-state index contributed by atoms with van der Waals surface area (Å²) in [6.07, 6.45) is 0. The summed E-state index contributed by atoms with van der Waals surface area (Å²) in [5.74, 6) is 0.101. The summed E-state index contributed by atoms with van der Waals surface area (Å²) in [5, 5.41) is 4.99. The Morgan fingerprint density at radius 2 is 2.11 bits per heavy atom. The molecule has 0 fully saturated rings. The van der Waals surface area contributed by atoms with Crippen LogP contribution in [-0.4, -0.2) is 18.5 Å². The monoisotopic (exact) mass is 290 g/mol. The minimum absolute atomic E-state index is 0. The lowest BCUT2D eigenvalue weighted by molar-refractivity contribution is -0.123. The molecule has 104 valence electrons. The molecule has 3 nitrogen and oxygen atoms in total. The summed E-state index contributed by atoms with van der Waals surface area (Å²) >= 11 is 1.71. The lowest BCUT2D eigenvalue weighted by atomic mass is 9.91. The van der Waals surface area contributed by atoms with Gasteiger partial charge in [0.25, 0.3) is 0 Å². The quantitative estimate of drug-likeness (QED) is 0.876. The molecule has 3 N–H and O–H groups in total. The van der Waals surface area contributed by atoms with Gasteiger partial charge in [0.1, 0.15) is 0 Å². The van der Waals surface area contributed by atoms with Crippen molar-refractivity contribution in [2.24, 2.45) is 11.7 Å². The van der Waals surface area contributed by atoms with Gasteiger partial charge in [-0.15, -0.1) is 23.7 Å². The molecular weight excluding hydrogens is 268 g/mol. The lowest BCUT2D eigenvalue weighted by Gasteiger charge is -2.25. The molecule has 0 aliphatic carbocycles. The van der Waals surface area contributed by atoms with Gasteiger partial charge in [-0.25, -0.2) is 0 Å². The number of rotatable bonds is 5. The van der Waals surface area contributed by atoms with E-state index in [0.29, 0.717) is 6.54 Å². The molecule has 5 heteroatoms. The topological polar surface area (TPSA) is 55.1 Å². The molecule has 1 rings (SSSR count). The molecule has 0 aliphatic heterocycles. The van der Waals surface area contributed by atoms with Gasteiger partial charge in [-0.2, -0.15) is 0 Å². The first kappa shape index (κ1) is 17.4. The summed E-state index contributed by atoms with van der Waals surface area (Å²) in [5.41, 5.74) is 5.76. The Morgan fingerprint density at radius 3 is 2.56 bits per heavy atom. The van der Waals surface area contributed by atoms with Crippen LogP contribution in [0, 0.1) is 5.92 Å².